The third-order valence-corrected chi connectivity index (χ3v) is 8.06. The highest BCUT2D eigenvalue weighted by atomic mass is 32.1. The summed E-state index contributed by atoms with van der Waals surface area (Å²) in [6, 6.07) is 14.7. The Bertz CT molecular complexity index is 1570. The van der Waals surface area contributed by atoms with Crippen LogP contribution in [0.1, 0.15) is 22.5 Å². The number of carbonyl (C=O) groups is 3. The highest BCUT2D eigenvalue weighted by Gasteiger charge is 2.34. The van der Waals surface area contributed by atoms with Gasteiger partial charge in [0.05, 0.1) is 34.7 Å². The highest BCUT2D eigenvalue weighted by molar-refractivity contribution is 7.21. The van der Waals surface area contributed by atoms with Gasteiger partial charge in [-0.15, -0.1) is 11.3 Å². The molecule has 0 aliphatic carbocycles. The van der Waals surface area contributed by atoms with Crippen molar-refractivity contribution in [1.82, 2.24) is 25.5 Å². The fourth-order valence-electron chi connectivity index (χ4n) is 5.16. The van der Waals surface area contributed by atoms with Crippen molar-refractivity contribution in [3.63, 3.8) is 0 Å². The molecule has 3 N–H and O–H groups in total. The standard InChI is InChI=1S/C28H27N7O3S/c1-29-15-22(36)34-13-5-8-18(16-34)32-26(37)25-24-23-21(10-12-31-27(23)39-25)35(28(38)33-24)19-9-11-30-20(14-19)17-6-3-2-4-7-17/h2-4,6-7,9-12,14,18,29H,5,8,13,15-16H2,1H3,(H,32,37)(H,33,38). The molecule has 0 bridgehead atoms. The zero-order chi connectivity index (χ0) is 26.9. The van der Waals surface area contributed by atoms with Crippen LogP contribution in [0.15, 0.2) is 60.9 Å². The monoisotopic (exact) mass is 541 g/mol. The maximum absolute atomic E-state index is 13.5. The van der Waals surface area contributed by atoms with Gasteiger partial charge in [-0.3, -0.25) is 19.5 Å². The summed E-state index contributed by atoms with van der Waals surface area (Å²) in [5.74, 6) is -0.267. The number of hydrogen-bond acceptors (Lipinski definition) is 7. The predicted molar refractivity (Wildman–Crippen MR) is 151 cm³/mol. The molecule has 10 nitrogen and oxygen atoms in total. The minimum Gasteiger partial charge on any atom is -0.347 e. The van der Waals surface area contributed by atoms with Gasteiger partial charge in [0.25, 0.3) is 5.91 Å². The molecule has 5 heterocycles. The van der Waals surface area contributed by atoms with Crippen molar-refractivity contribution in [2.75, 3.05) is 36.9 Å². The molecule has 0 spiro atoms. The largest absolute Gasteiger partial charge is 0.347 e. The summed E-state index contributed by atoms with van der Waals surface area (Å²) >= 11 is 1.25. The second-order valence-corrected chi connectivity index (χ2v) is 10.5. The molecule has 198 valence electrons. The molecule has 1 saturated heterocycles. The number of carbonyl (C=O) groups excluding carboxylic acids is 3. The lowest BCUT2D eigenvalue weighted by Crippen LogP contribution is -2.51. The Morgan fingerprint density at radius 2 is 1.95 bits per heavy atom. The lowest BCUT2D eigenvalue weighted by atomic mass is 10.1. The molecule has 1 atom stereocenters. The zero-order valence-electron chi connectivity index (χ0n) is 21.3. The molecule has 11 heteroatoms. The van der Waals surface area contributed by atoms with E-state index in [4.69, 9.17) is 0 Å². The van der Waals surface area contributed by atoms with Crippen LogP contribution in [0.25, 0.3) is 21.5 Å². The fourth-order valence-corrected chi connectivity index (χ4v) is 6.18. The van der Waals surface area contributed by atoms with Crippen LogP contribution in [0, 0.1) is 0 Å². The van der Waals surface area contributed by atoms with Crippen molar-refractivity contribution in [3.05, 3.63) is 65.8 Å². The van der Waals surface area contributed by atoms with Gasteiger partial charge in [-0.2, -0.15) is 0 Å². The lowest BCUT2D eigenvalue weighted by molar-refractivity contribution is -0.131. The van der Waals surface area contributed by atoms with Gasteiger partial charge in [0.2, 0.25) is 5.91 Å². The van der Waals surface area contributed by atoms with Crippen molar-refractivity contribution in [2.24, 2.45) is 0 Å². The Morgan fingerprint density at radius 3 is 2.77 bits per heavy atom. The normalized spacial score (nSPS) is 16.7. The summed E-state index contributed by atoms with van der Waals surface area (Å²) in [5, 5.41) is 9.64. The number of anilines is 3. The number of hydrogen-bond donors (Lipinski definition) is 3. The van der Waals surface area contributed by atoms with Crippen molar-refractivity contribution in [1.29, 1.82) is 0 Å². The fraction of sp³-hybridized carbons (Fsp3) is 0.250. The third kappa shape index (κ3) is 4.70. The van der Waals surface area contributed by atoms with E-state index in [0.717, 1.165) is 29.5 Å². The Labute approximate surface area is 229 Å². The van der Waals surface area contributed by atoms with E-state index in [1.54, 1.807) is 41.4 Å². The molecule has 0 radical (unpaired) electrons. The molecule has 6 rings (SSSR count). The van der Waals surface area contributed by atoms with E-state index in [1.165, 1.54) is 11.3 Å². The van der Waals surface area contributed by atoms with Crippen LogP contribution in [0.4, 0.5) is 21.9 Å². The first-order valence-electron chi connectivity index (χ1n) is 12.8. The van der Waals surface area contributed by atoms with E-state index in [0.29, 0.717) is 39.9 Å². The van der Waals surface area contributed by atoms with Gasteiger partial charge < -0.3 is 20.9 Å². The molecule has 39 heavy (non-hydrogen) atoms. The molecule has 0 saturated carbocycles. The molecule has 4 aromatic rings. The van der Waals surface area contributed by atoms with Crippen molar-refractivity contribution in [3.8, 4) is 11.3 Å². The number of aromatic nitrogens is 2. The molecule has 1 unspecified atom stereocenters. The Morgan fingerprint density at radius 1 is 1.13 bits per heavy atom. The Hall–Kier alpha value is -4.35. The number of rotatable bonds is 6. The predicted octanol–water partition coefficient (Wildman–Crippen LogP) is 3.98. The van der Waals surface area contributed by atoms with Gasteiger partial charge >= 0.3 is 6.03 Å². The van der Waals surface area contributed by atoms with Gasteiger partial charge in [-0.05, 0) is 38.1 Å². The first kappa shape index (κ1) is 25.0. The second kappa shape index (κ2) is 10.4. The quantitative estimate of drug-likeness (QED) is 0.340. The van der Waals surface area contributed by atoms with Crippen LogP contribution in [0.5, 0.6) is 0 Å². The number of benzene rings is 1. The topological polar surface area (TPSA) is 120 Å². The maximum Gasteiger partial charge on any atom is 0.331 e. The van der Waals surface area contributed by atoms with Gasteiger partial charge in [-0.1, -0.05) is 30.3 Å². The molecule has 2 aliphatic heterocycles. The summed E-state index contributed by atoms with van der Waals surface area (Å²) in [7, 11) is 1.74. The van der Waals surface area contributed by atoms with Crippen molar-refractivity contribution in [2.45, 2.75) is 18.9 Å². The molecule has 3 aromatic heterocycles. The summed E-state index contributed by atoms with van der Waals surface area (Å²) in [4.78, 5) is 52.7. The minimum absolute atomic E-state index is 0.0149. The molecule has 4 amide bonds. The van der Waals surface area contributed by atoms with E-state index in [-0.39, 0.29) is 30.4 Å². The molecule has 1 aromatic carbocycles. The summed E-state index contributed by atoms with van der Waals surface area (Å²) in [5.41, 5.74) is 3.47. The highest BCUT2D eigenvalue weighted by Crippen LogP contribution is 2.45. The van der Waals surface area contributed by atoms with E-state index < -0.39 is 0 Å². The number of amides is 4. The van der Waals surface area contributed by atoms with Crippen LogP contribution in [0.2, 0.25) is 0 Å². The van der Waals surface area contributed by atoms with Crippen LogP contribution in [-0.4, -0.2) is 65.4 Å². The SMILES string of the molecule is CNCC(=O)N1CCCC(NC(=O)c2sc3nccc4c3c2NC(=O)N4c2ccnc(-c3ccccc3)c2)C1. The number of pyridine rings is 2. The van der Waals surface area contributed by atoms with Gasteiger partial charge in [0.1, 0.15) is 9.71 Å². The second-order valence-electron chi connectivity index (χ2n) is 9.53. The number of piperidine rings is 1. The van der Waals surface area contributed by atoms with E-state index >= 15 is 0 Å². The number of likely N-dealkylation sites (N-methyl/N-ethyl adjacent to an activating group) is 1. The molecule has 1 fully saturated rings. The smallest absolute Gasteiger partial charge is 0.331 e. The van der Waals surface area contributed by atoms with Crippen LogP contribution >= 0.6 is 11.3 Å². The van der Waals surface area contributed by atoms with E-state index in [1.807, 2.05) is 36.4 Å². The lowest BCUT2D eigenvalue weighted by Gasteiger charge is -2.33. The Kier molecular flexibility index (Phi) is 6.67. The average molecular weight is 542 g/mol. The number of nitrogens with one attached hydrogen (secondary N) is 3. The van der Waals surface area contributed by atoms with E-state index in [9.17, 15) is 14.4 Å². The van der Waals surface area contributed by atoms with Crippen LogP contribution in [0.3, 0.4) is 0 Å². The summed E-state index contributed by atoms with van der Waals surface area (Å²) in [6.45, 7) is 1.41. The zero-order valence-corrected chi connectivity index (χ0v) is 22.1. The number of urea groups is 1. The summed E-state index contributed by atoms with van der Waals surface area (Å²) in [6.07, 6.45) is 4.93. The molecular formula is C28H27N7O3S. The number of likely N-dealkylation sites (tertiary alicyclic amines) is 1. The maximum atomic E-state index is 13.5. The third-order valence-electron chi connectivity index (χ3n) is 6.96. The Balaban J connectivity index is 1.30. The van der Waals surface area contributed by atoms with Crippen molar-refractivity contribution < 1.29 is 14.4 Å². The summed E-state index contributed by atoms with van der Waals surface area (Å²) < 4.78 is 0. The average Bonchev–Trinajstić information content (AvgIpc) is 3.33. The van der Waals surface area contributed by atoms with Gasteiger partial charge in [-0.25, -0.2) is 9.78 Å². The van der Waals surface area contributed by atoms with E-state index in [2.05, 4.69) is 25.9 Å². The van der Waals surface area contributed by atoms with Crippen molar-refractivity contribution >= 4 is 56.5 Å². The molecule has 2 aliphatic rings. The first-order valence-corrected chi connectivity index (χ1v) is 13.6. The van der Waals surface area contributed by atoms with Gasteiger partial charge in [0.15, 0.2) is 0 Å². The first-order chi connectivity index (χ1) is 19.0. The number of thiophene rings is 1. The van der Waals surface area contributed by atoms with Crippen LogP contribution in [-0.2, 0) is 4.79 Å². The minimum atomic E-state index is -0.367. The van der Waals surface area contributed by atoms with Gasteiger partial charge in [0, 0.05) is 37.1 Å². The van der Waals surface area contributed by atoms with Crippen LogP contribution < -0.4 is 20.9 Å². The molecular weight excluding hydrogens is 514 g/mol. The number of nitrogens with zero attached hydrogens (tertiary/aromatic N) is 4.